The minimum atomic E-state index is -3.72. The van der Waals surface area contributed by atoms with Crippen LogP contribution in [0.4, 0.5) is 0 Å². The Morgan fingerprint density at radius 2 is 2.00 bits per heavy atom. The van der Waals surface area contributed by atoms with Crippen LogP contribution >= 0.6 is 11.6 Å². The van der Waals surface area contributed by atoms with Crippen LogP contribution in [0.5, 0.6) is 11.8 Å². The summed E-state index contributed by atoms with van der Waals surface area (Å²) in [7, 11) is -2.42. The van der Waals surface area contributed by atoms with Crippen molar-refractivity contribution in [3.05, 3.63) is 51.4 Å². The zero-order valence-corrected chi connectivity index (χ0v) is 17.7. The van der Waals surface area contributed by atoms with Gasteiger partial charge in [0.1, 0.15) is 13.2 Å². The van der Waals surface area contributed by atoms with Crippen LogP contribution < -0.4 is 14.2 Å². The number of hydrogen-bond donors (Lipinski definition) is 0. The first-order valence-electron chi connectivity index (χ1n) is 8.51. The van der Waals surface area contributed by atoms with E-state index in [2.05, 4.69) is 4.98 Å². The zero-order chi connectivity index (χ0) is 20.9. The van der Waals surface area contributed by atoms with E-state index in [1.165, 1.54) is 7.11 Å². The van der Waals surface area contributed by atoms with Gasteiger partial charge in [-0.25, -0.2) is 0 Å². The predicted molar refractivity (Wildman–Crippen MR) is 104 cm³/mol. The number of hydrogen-bond acceptors (Lipinski definition) is 7. The molecular formula is C18H23ClN2O6S. The highest BCUT2D eigenvalue weighted by atomic mass is 35.5. The fourth-order valence-electron chi connectivity index (χ4n) is 2.47. The normalized spacial score (nSPS) is 11.6. The molecule has 0 spiro atoms. The molecule has 1 aromatic heterocycles. The van der Waals surface area contributed by atoms with Crippen molar-refractivity contribution in [3.8, 4) is 11.8 Å². The lowest BCUT2D eigenvalue weighted by molar-refractivity contribution is -0.622. The molecule has 0 N–H and O–H groups in total. The van der Waals surface area contributed by atoms with Crippen LogP contribution in [0.25, 0.3) is 0 Å². The average Bonchev–Trinajstić information content (AvgIpc) is 2.59. The van der Waals surface area contributed by atoms with Crippen LogP contribution in [0.3, 0.4) is 0 Å². The highest BCUT2D eigenvalue weighted by Crippen LogP contribution is 2.24. The van der Waals surface area contributed by atoms with Gasteiger partial charge in [0.15, 0.2) is 5.69 Å². The molecular weight excluding hydrogens is 408 g/mol. The van der Waals surface area contributed by atoms with Crippen molar-refractivity contribution in [1.82, 2.24) is 4.98 Å². The van der Waals surface area contributed by atoms with Crippen LogP contribution in [0.15, 0.2) is 24.3 Å². The zero-order valence-electron chi connectivity index (χ0n) is 16.1. The topological polar surface area (TPSA) is 102 Å². The first kappa shape index (κ1) is 22.2. The maximum Gasteiger partial charge on any atom is 0.404 e. The molecule has 0 saturated heterocycles. The number of rotatable bonds is 9. The van der Waals surface area contributed by atoms with Gasteiger partial charge in [0, 0.05) is 11.4 Å². The standard InChI is InChI=1S/C18H23ClN2O6S/c1-12(2)8-16-17(26-10-13-6-5-7-14(19)9-13)20-15(11-27-28(4,23)24)18(25-3)21(16)22/h5-7,9,12H,8,10-11H2,1-4H3. The molecule has 0 aliphatic heterocycles. The highest BCUT2D eigenvalue weighted by molar-refractivity contribution is 7.85. The Balaban J connectivity index is 2.42. The van der Waals surface area contributed by atoms with Crippen molar-refractivity contribution in [2.24, 2.45) is 5.92 Å². The maximum absolute atomic E-state index is 12.8. The lowest BCUT2D eigenvalue weighted by atomic mass is 10.1. The van der Waals surface area contributed by atoms with Crippen LogP contribution in [0.2, 0.25) is 5.02 Å². The molecule has 8 nitrogen and oxygen atoms in total. The average molecular weight is 431 g/mol. The lowest BCUT2D eigenvalue weighted by Crippen LogP contribution is -2.37. The third kappa shape index (κ3) is 6.22. The molecule has 0 fully saturated rings. The summed E-state index contributed by atoms with van der Waals surface area (Å²) in [5.41, 5.74) is 1.11. The van der Waals surface area contributed by atoms with Crippen molar-refractivity contribution < 1.29 is 26.8 Å². The minimum absolute atomic E-state index is 0.0246. The van der Waals surface area contributed by atoms with Crippen molar-refractivity contribution >= 4 is 21.7 Å². The van der Waals surface area contributed by atoms with Gasteiger partial charge in [-0.3, -0.25) is 4.18 Å². The second kappa shape index (κ2) is 9.40. The van der Waals surface area contributed by atoms with E-state index in [1.54, 1.807) is 18.2 Å². The Morgan fingerprint density at radius 3 is 2.57 bits per heavy atom. The Bertz CT molecular complexity index is 934. The van der Waals surface area contributed by atoms with E-state index in [9.17, 15) is 13.6 Å². The van der Waals surface area contributed by atoms with Crippen molar-refractivity contribution in [3.63, 3.8) is 0 Å². The first-order chi connectivity index (χ1) is 13.1. The van der Waals surface area contributed by atoms with Crippen LogP contribution in [0, 0.1) is 11.1 Å². The summed E-state index contributed by atoms with van der Waals surface area (Å²) >= 11 is 5.99. The fraction of sp³-hybridized carbons (Fsp3) is 0.444. The number of aromatic nitrogens is 2. The second-order valence-corrected chi connectivity index (χ2v) is 8.68. The molecule has 28 heavy (non-hydrogen) atoms. The molecule has 0 unspecified atom stereocenters. The molecule has 0 atom stereocenters. The Labute approximate surface area is 169 Å². The van der Waals surface area contributed by atoms with Gasteiger partial charge in [-0.1, -0.05) is 37.6 Å². The molecule has 154 valence electrons. The van der Waals surface area contributed by atoms with Gasteiger partial charge in [0.05, 0.1) is 13.4 Å². The van der Waals surface area contributed by atoms with Gasteiger partial charge < -0.3 is 14.7 Å². The fourth-order valence-corrected chi connectivity index (χ4v) is 3.01. The van der Waals surface area contributed by atoms with E-state index in [4.69, 9.17) is 25.3 Å². The number of nitrogens with zero attached hydrogens (tertiary/aromatic N) is 2. The summed E-state index contributed by atoms with van der Waals surface area (Å²) in [6.45, 7) is 3.60. The van der Waals surface area contributed by atoms with Crippen LogP contribution in [-0.4, -0.2) is 26.8 Å². The van der Waals surface area contributed by atoms with Crippen LogP contribution in [-0.2, 0) is 33.9 Å². The van der Waals surface area contributed by atoms with E-state index in [1.807, 2.05) is 19.9 Å². The van der Waals surface area contributed by atoms with Gasteiger partial charge in [-0.2, -0.15) is 13.4 Å². The highest BCUT2D eigenvalue weighted by Gasteiger charge is 2.28. The summed E-state index contributed by atoms with van der Waals surface area (Å²) in [5, 5.41) is 13.4. The van der Waals surface area contributed by atoms with Crippen molar-refractivity contribution in [2.75, 3.05) is 13.4 Å². The van der Waals surface area contributed by atoms with E-state index in [0.717, 1.165) is 11.8 Å². The first-order valence-corrected chi connectivity index (χ1v) is 10.7. The molecule has 0 bridgehead atoms. The third-order valence-electron chi connectivity index (χ3n) is 3.63. The van der Waals surface area contributed by atoms with Gasteiger partial charge in [-0.15, -0.1) is 4.73 Å². The molecule has 2 aromatic rings. The molecule has 0 radical (unpaired) electrons. The van der Waals surface area contributed by atoms with E-state index in [0.29, 0.717) is 16.2 Å². The van der Waals surface area contributed by atoms with Gasteiger partial charge in [0.25, 0.3) is 21.7 Å². The summed E-state index contributed by atoms with van der Waals surface area (Å²) in [5.74, 6) is 0.115. The summed E-state index contributed by atoms with van der Waals surface area (Å²) in [6, 6.07) is 7.10. The largest absolute Gasteiger partial charge is 0.616 e. The molecule has 0 aliphatic carbocycles. The van der Waals surface area contributed by atoms with E-state index >= 15 is 0 Å². The van der Waals surface area contributed by atoms with Gasteiger partial charge >= 0.3 is 5.88 Å². The van der Waals surface area contributed by atoms with Crippen LogP contribution in [0.1, 0.15) is 30.8 Å². The molecule has 10 heteroatoms. The van der Waals surface area contributed by atoms with Crippen molar-refractivity contribution in [1.29, 1.82) is 0 Å². The third-order valence-corrected chi connectivity index (χ3v) is 4.41. The predicted octanol–water partition coefficient (Wildman–Crippen LogP) is 2.63. The van der Waals surface area contributed by atoms with Gasteiger partial charge in [-0.05, 0) is 23.6 Å². The monoisotopic (exact) mass is 430 g/mol. The molecule has 0 saturated carbocycles. The summed E-state index contributed by atoms with van der Waals surface area (Å²) in [6.07, 6.45) is 1.30. The molecule has 0 amide bonds. The van der Waals surface area contributed by atoms with Crippen molar-refractivity contribution in [2.45, 2.75) is 33.5 Å². The second-order valence-electron chi connectivity index (χ2n) is 6.60. The molecule has 1 heterocycles. The molecule has 2 rings (SSSR count). The summed E-state index contributed by atoms with van der Waals surface area (Å²) in [4.78, 5) is 4.31. The van der Waals surface area contributed by atoms with Gasteiger partial charge in [0.2, 0.25) is 0 Å². The number of methoxy groups -OCH3 is 1. The quantitative estimate of drug-likeness (QED) is 0.342. The smallest absolute Gasteiger partial charge is 0.404 e. The van der Waals surface area contributed by atoms with E-state index in [-0.39, 0.29) is 35.7 Å². The molecule has 1 aromatic carbocycles. The summed E-state index contributed by atoms with van der Waals surface area (Å²) < 4.78 is 38.9. The molecule has 0 aliphatic rings. The maximum atomic E-state index is 12.8. The lowest BCUT2D eigenvalue weighted by Gasteiger charge is -2.16. The Kier molecular flexibility index (Phi) is 7.45. The SMILES string of the molecule is COc1c(COS(C)(=O)=O)nc(OCc2cccc(Cl)c2)c(CC(C)C)[n+]1[O-]. The Hall–Kier alpha value is -2.10. The Morgan fingerprint density at radius 1 is 1.29 bits per heavy atom. The minimum Gasteiger partial charge on any atom is -0.616 e. The number of benzene rings is 1. The number of halogens is 1. The van der Waals surface area contributed by atoms with E-state index < -0.39 is 16.7 Å². The number of ether oxygens (including phenoxy) is 2.